The van der Waals surface area contributed by atoms with Crippen molar-refractivity contribution in [2.45, 2.75) is 420 Å². The van der Waals surface area contributed by atoms with Crippen LogP contribution in [0, 0.1) is 0 Å². The number of ether oxygens (including phenoxy) is 10. The summed E-state index contributed by atoms with van der Waals surface area (Å²) in [6.07, 6.45) is 0. The van der Waals surface area contributed by atoms with E-state index in [4.69, 9.17) is 47.4 Å². The second kappa shape index (κ2) is 38.0. The Morgan fingerprint density at radius 3 is 0.556 bits per heavy atom. The van der Waals surface area contributed by atoms with E-state index >= 15 is 0 Å². The zero-order chi connectivity index (χ0) is 95.6. The van der Waals surface area contributed by atoms with Gasteiger partial charge in [-0.2, -0.15) is 0 Å². The van der Waals surface area contributed by atoms with Gasteiger partial charge in [0.1, 0.15) is 102 Å². The highest BCUT2D eigenvalue weighted by atomic mass is 16.5. The molecule has 0 heterocycles. The molecule has 0 atom stereocenters. The average Bonchev–Trinajstić information content (AvgIpc) is 0.736. The molecule has 8 aromatic carbocycles. The molecule has 8 aromatic rings. The molecular weight excluding hydrogens is 1530 g/mol. The Labute approximate surface area is 757 Å². The lowest BCUT2D eigenvalue weighted by Gasteiger charge is -2.36. The molecule has 0 bridgehead atoms. The fraction of sp³-hybridized carbons (Fsp3) is 0.579. The second-order valence-electron chi connectivity index (χ2n) is 50.0. The van der Waals surface area contributed by atoms with E-state index in [1.165, 1.54) is 33.4 Å². The first kappa shape index (κ1) is 106. The van der Waals surface area contributed by atoms with Crippen molar-refractivity contribution in [2.24, 2.45) is 0 Å². The Hall–Kier alpha value is -8.24. The SMILES string of the molecule is CC(C)(C)Oc1c(-c2cc(C(C)(C)C)cc(C(C)(C)C)c2OC(C)(C)C)cc(C(C)(C)C)cc1C(C)(C)C.CC(C)(C)Oc1c(-c2cccc(C(C)(C)C)c2OC(C)(C)C)cccc1C(C)(C)C.CC(C)(C)Oc1ccccc1-c1ccccc1OC(C)(C)C.COc1cc(-c2cc(OC)cc(C(C)(C)C)c2OC(C)(C)C)c(OC(C)(C)C)c(C(C)(C)C)c1. The largest absolute Gasteiger partial charge is 0.497 e. The van der Waals surface area contributed by atoms with E-state index < -0.39 is 0 Å². The summed E-state index contributed by atoms with van der Waals surface area (Å²) < 4.78 is 64.1. The van der Waals surface area contributed by atoms with Crippen LogP contribution in [0.25, 0.3) is 44.5 Å². The maximum atomic E-state index is 6.89. The van der Waals surface area contributed by atoms with Crippen LogP contribution in [0.3, 0.4) is 0 Å². The third-order valence-electron chi connectivity index (χ3n) is 19.6. The Balaban J connectivity index is 0.000000298. The third-order valence-corrected chi connectivity index (χ3v) is 19.6. The lowest BCUT2D eigenvalue weighted by atomic mass is 9.75. The number of hydrogen-bond donors (Lipinski definition) is 0. The lowest BCUT2D eigenvalue weighted by Crippen LogP contribution is -2.28. The van der Waals surface area contributed by atoms with E-state index in [1.54, 1.807) is 14.2 Å². The minimum atomic E-state index is -0.389. The van der Waals surface area contributed by atoms with Gasteiger partial charge in [0.15, 0.2) is 0 Å². The van der Waals surface area contributed by atoms with Gasteiger partial charge in [0.25, 0.3) is 0 Å². The van der Waals surface area contributed by atoms with Gasteiger partial charge in [-0.3, -0.25) is 0 Å². The molecule has 0 saturated heterocycles. The molecule has 0 unspecified atom stereocenters. The molecule has 0 aliphatic heterocycles. The molecule has 0 aliphatic carbocycles. The highest BCUT2D eigenvalue weighted by Crippen LogP contribution is 2.55. The summed E-state index contributed by atoms with van der Waals surface area (Å²) in [5.41, 5.74) is 14.8. The van der Waals surface area contributed by atoms with Gasteiger partial charge in [0, 0.05) is 77.9 Å². The van der Waals surface area contributed by atoms with Gasteiger partial charge in [0.05, 0.1) is 14.2 Å². The number of para-hydroxylation sites is 4. The summed E-state index contributed by atoms with van der Waals surface area (Å²) in [6, 6.07) is 46.9. The molecule has 124 heavy (non-hydrogen) atoms. The van der Waals surface area contributed by atoms with Gasteiger partial charge < -0.3 is 47.4 Å². The first-order chi connectivity index (χ1) is 55.4. The van der Waals surface area contributed by atoms with Gasteiger partial charge in [0.2, 0.25) is 0 Å². The standard InChI is InChI=1S/C36H58O2.C30H46O4.C28H42O2.C20H26O2/c1-31(2,3)23-19-25(29(37-35(13,14)15)27(21-23)33(7,8)9)26-20-24(32(4,5)6)22-28(34(10,11)12)30(26)38-36(16,17)18;1-27(2,3)23-17-19(31-13)15-21(25(23)33-29(7,8)9)22-16-20(32-14)18-24(28(4,5)6)26(22)34-30(10,11)12;1-25(2,3)21-17-13-15-19(23(21)29-27(7,8)9)20-16-14-18-22(26(4,5)6)24(20)30-28(10,11)12;1-19(2,3)21-17-13-9-7-11-15(17)16-12-8-10-14-18(16)22-20(4,5)6/h19-22H,1-18H3;15-18H,1-14H3;13-18H,1-12H3;7-14H,1-6H3. The Kier molecular flexibility index (Phi) is 32.6. The highest BCUT2D eigenvalue weighted by molar-refractivity contribution is 5.84. The molecule has 10 heteroatoms. The fourth-order valence-electron chi connectivity index (χ4n) is 14.0. The van der Waals surface area contributed by atoms with E-state index in [0.717, 1.165) is 113 Å². The fourth-order valence-corrected chi connectivity index (χ4v) is 14.0. The van der Waals surface area contributed by atoms with Crippen LogP contribution >= 0.6 is 0 Å². The highest BCUT2D eigenvalue weighted by Gasteiger charge is 2.38. The lowest BCUT2D eigenvalue weighted by molar-refractivity contribution is 0.125. The van der Waals surface area contributed by atoms with Crippen LogP contribution in [-0.4, -0.2) is 59.0 Å². The maximum Gasteiger partial charge on any atom is 0.132 e. The molecular formula is C114H172O10. The predicted molar refractivity (Wildman–Crippen MR) is 533 cm³/mol. The average molecular weight is 1700 g/mol. The van der Waals surface area contributed by atoms with Gasteiger partial charge in [-0.25, -0.2) is 0 Å². The van der Waals surface area contributed by atoms with Crippen LogP contribution in [0.1, 0.15) is 377 Å². The van der Waals surface area contributed by atoms with Crippen molar-refractivity contribution in [3.05, 3.63) is 178 Å². The Morgan fingerprint density at radius 1 is 0.161 bits per heavy atom. The Morgan fingerprint density at radius 2 is 0.355 bits per heavy atom. The van der Waals surface area contributed by atoms with Crippen molar-refractivity contribution in [1.29, 1.82) is 0 Å². The van der Waals surface area contributed by atoms with Crippen LogP contribution in [0.2, 0.25) is 0 Å². The topological polar surface area (TPSA) is 92.3 Å². The molecule has 10 nitrogen and oxygen atoms in total. The molecule has 0 fully saturated rings. The normalized spacial score (nSPS) is 13.2. The van der Waals surface area contributed by atoms with Crippen LogP contribution in [0.5, 0.6) is 57.5 Å². The van der Waals surface area contributed by atoms with Crippen molar-refractivity contribution in [3.63, 3.8) is 0 Å². The van der Waals surface area contributed by atoms with Gasteiger partial charge in [-0.15, -0.1) is 0 Å². The van der Waals surface area contributed by atoms with Crippen molar-refractivity contribution in [3.8, 4) is 102 Å². The van der Waals surface area contributed by atoms with Gasteiger partial charge >= 0.3 is 0 Å². The molecule has 688 valence electrons. The van der Waals surface area contributed by atoms with Crippen molar-refractivity contribution in [1.82, 2.24) is 0 Å². The third kappa shape index (κ3) is 31.7. The summed E-state index contributed by atoms with van der Waals surface area (Å²) in [7, 11) is 3.41. The number of benzene rings is 8. The molecule has 0 spiro atoms. The van der Waals surface area contributed by atoms with Crippen LogP contribution in [0.15, 0.2) is 133 Å². The van der Waals surface area contributed by atoms with Gasteiger partial charge in [-0.1, -0.05) is 251 Å². The van der Waals surface area contributed by atoms with Crippen molar-refractivity contribution >= 4 is 0 Å². The van der Waals surface area contributed by atoms with E-state index in [9.17, 15) is 0 Å². The summed E-state index contributed by atoms with van der Waals surface area (Å²) in [6.45, 7) is 104. The number of rotatable bonds is 14. The zero-order valence-corrected chi connectivity index (χ0v) is 87.8. The first-order valence-corrected chi connectivity index (χ1v) is 45.3. The minimum Gasteiger partial charge on any atom is -0.497 e. The van der Waals surface area contributed by atoms with E-state index in [2.05, 4.69) is 417 Å². The van der Waals surface area contributed by atoms with Crippen LogP contribution in [0.4, 0.5) is 0 Å². The molecule has 0 N–H and O–H groups in total. The summed E-state index contributed by atoms with van der Waals surface area (Å²) in [4.78, 5) is 0. The number of hydrogen-bond acceptors (Lipinski definition) is 10. The minimum absolute atomic E-state index is 0.0193. The maximum absolute atomic E-state index is 6.89. The van der Waals surface area contributed by atoms with Crippen LogP contribution in [-0.2, 0) is 43.3 Å². The predicted octanol–water partition coefficient (Wildman–Crippen LogP) is 33.2. The Bertz CT molecular complexity index is 4570. The smallest absolute Gasteiger partial charge is 0.132 e. The van der Waals surface area contributed by atoms with Crippen molar-refractivity contribution < 1.29 is 47.4 Å². The van der Waals surface area contributed by atoms with E-state index in [0.29, 0.717) is 0 Å². The quantitative estimate of drug-likeness (QED) is 0.105. The van der Waals surface area contributed by atoms with Gasteiger partial charge in [-0.05, 0) is 269 Å². The monoisotopic (exact) mass is 1700 g/mol. The first-order valence-electron chi connectivity index (χ1n) is 45.3. The molecule has 0 aliphatic rings. The molecule has 8 rings (SSSR count). The van der Waals surface area contributed by atoms with Crippen molar-refractivity contribution in [2.75, 3.05) is 14.2 Å². The molecule has 0 saturated carbocycles. The number of methoxy groups -OCH3 is 2. The summed E-state index contributed by atoms with van der Waals surface area (Å²) in [5, 5.41) is 0. The molecule has 0 aromatic heterocycles. The van der Waals surface area contributed by atoms with E-state index in [-0.39, 0.29) is 88.1 Å². The molecule has 0 amide bonds. The summed E-state index contributed by atoms with van der Waals surface area (Å²) in [5.74, 6) is 8.81. The zero-order valence-electron chi connectivity index (χ0n) is 87.8. The second-order valence-corrected chi connectivity index (χ2v) is 50.0. The van der Waals surface area contributed by atoms with Crippen LogP contribution < -0.4 is 47.4 Å². The summed E-state index contributed by atoms with van der Waals surface area (Å²) >= 11 is 0. The van der Waals surface area contributed by atoms with E-state index in [1.807, 2.05) is 48.5 Å². The molecule has 0 radical (unpaired) electrons.